The summed E-state index contributed by atoms with van der Waals surface area (Å²) in [5.74, 6) is 0. The Kier molecular flexibility index (Phi) is 2.69. The highest BCUT2D eigenvalue weighted by Crippen LogP contribution is 2.20. The number of fused-ring (bicyclic) bond motifs is 1. The molecule has 1 aromatic rings. The molecule has 0 saturated carbocycles. The molecular formula is C12H20N4. The standard InChI is InChI=1S/C12H20N4/c1-15-12-4-5-13-8-10(12)11(14-15)9-16-6-2-3-7-16/h13H,2-9H2,1H3. The Hall–Kier alpha value is -0.870. The molecule has 1 fully saturated rings. The fourth-order valence-corrected chi connectivity index (χ4v) is 2.88. The average Bonchev–Trinajstić information content (AvgIpc) is 2.90. The predicted octanol–water partition coefficient (Wildman–Crippen LogP) is 0.662. The monoisotopic (exact) mass is 220 g/mol. The Morgan fingerprint density at radius 1 is 1.31 bits per heavy atom. The lowest BCUT2D eigenvalue weighted by atomic mass is 10.1. The van der Waals surface area contributed by atoms with Gasteiger partial charge in [-0.3, -0.25) is 9.58 Å². The number of hydrogen-bond donors (Lipinski definition) is 1. The summed E-state index contributed by atoms with van der Waals surface area (Å²) in [7, 11) is 2.08. The van der Waals surface area contributed by atoms with Gasteiger partial charge in [-0.15, -0.1) is 0 Å². The van der Waals surface area contributed by atoms with E-state index in [1.54, 1.807) is 0 Å². The quantitative estimate of drug-likeness (QED) is 0.795. The number of hydrogen-bond acceptors (Lipinski definition) is 3. The number of aromatic nitrogens is 2. The maximum atomic E-state index is 4.69. The fraction of sp³-hybridized carbons (Fsp3) is 0.750. The summed E-state index contributed by atoms with van der Waals surface area (Å²) in [6.07, 6.45) is 3.83. The van der Waals surface area contributed by atoms with E-state index < -0.39 is 0 Å². The molecule has 4 nitrogen and oxygen atoms in total. The van der Waals surface area contributed by atoms with Crippen LogP contribution in [0.3, 0.4) is 0 Å². The van der Waals surface area contributed by atoms with Gasteiger partial charge in [0.1, 0.15) is 0 Å². The molecule has 0 spiro atoms. The largest absolute Gasteiger partial charge is 0.312 e. The van der Waals surface area contributed by atoms with Gasteiger partial charge in [-0.05, 0) is 25.9 Å². The Balaban J connectivity index is 1.83. The Labute approximate surface area is 96.6 Å². The molecule has 3 heterocycles. The predicted molar refractivity (Wildman–Crippen MR) is 63.1 cm³/mol. The van der Waals surface area contributed by atoms with Gasteiger partial charge in [-0.1, -0.05) is 0 Å². The Morgan fingerprint density at radius 3 is 2.94 bits per heavy atom. The molecule has 88 valence electrons. The van der Waals surface area contributed by atoms with E-state index in [2.05, 4.69) is 21.9 Å². The van der Waals surface area contributed by atoms with Crippen LogP contribution in [0.25, 0.3) is 0 Å². The van der Waals surface area contributed by atoms with E-state index in [4.69, 9.17) is 5.10 Å². The highest BCUT2D eigenvalue weighted by molar-refractivity contribution is 5.28. The van der Waals surface area contributed by atoms with E-state index in [9.17, 15) is 0 Å². The highest BCUT2D eigenvalue weighted by atomic mass is 15.3. The molecule has 1 saturated heterocycles. The molecule has 0 aromatic carbocycles. The van der Waals surface area contributed by atoms with Crippen molar-refractivity contribution in [2.75, 3.05) is 19.6 Å². The van der Waals surface area contributed by atoms with Crippen LogP contribution in [0, 0.1) is 0 Å². The van der Waals surface area contributed by atoms with Crippen molar-refractivity contribution < 1.29 is 0 Å². The Bertz CT molecular complexity index is 377. The molecule has 2 aliphatic heterocycles. The van der Waals surface area contributed by atoms with Crippen LogP contribution in [-0.2, 0) is 26.6 Å². The number of likely N-dealkylation sites (tertiary alicyclic amines) is 1. The molecule has 0 amide bonds. The maximum absolute atomic E-state index is 4.69. The molecular weight excluding hydrogens is 200 g/mol. The third-order valence-electron chi connectivity index (χ3n) is 3.77. The van der Waals surface area contributed by atoms with Crippen LogP contribution in [0.1, 0.15) is 29.8 Å². The smallest absolute Gasteiger partial charge is 0.0812 e. The first-order valence-corrected chi connectivity index (χ1v) is 6.31. The summed E-state index contributed by atoms with van der Waals surface area (Å²) in [6.45, 7) is 5.64. The van der Waals surface area contributed by atoms with E-state index in [1.807, 2.05) is 0 Å². The van der Waals surface area contributed by atoms with Gasteiger partial charge in [0.2, 0.25) is 0 Å². The van der Waals surface area contributed by atoms with E-state index in [0.29, 0.717) is 0 Å². The molecule has 1 N–H and O–H groups in total. The summed E-state index contributed by atoms with van der Waals surface area (Å²) in [5, 5.41) is 8.14. The zero-order chi connectivity index (χ0) is 11.0. The van der Waals surface area contributed by atoms with Crippen molar-refractivity contribution in [2.24, 2.45) is 7.05 Å². The van der Waals surface area contributed by atoms with Gasteiger partial charge in [-0.2, -0.15) is 5.10 Å². The van der Waals surface area contributed by atoms with Crippen LogP contribution in [0.4, 0.5) is 0 Å². The van der Waals surface area contributed by atoms with E-state index >= 15 is 0 Å². The van der Waals surface area contributed by atoms with Crippen LogP contribution in [-0.4, -0.2) is 34.3 Å². The molecule has 0 radical (unpaired) electrons. The van der Waals surface area contributed by atoms with Crippen LogP contribution in [0.15, 0.2) is 0 Å². The van der Waals surface area contributed by atoms with Gasteiger partial charge in [0, 0.05) is 44.4 Å². The first-order chi connectivity index (χ1) is 7.84. The summed E-state index contributed by atoms with van der Waals surface area (Å²) in [6, 6.07) is 0. The molecule has 0 aliphatic carbocycles. The lowest BCUT2D eigenvalue weighted by molar-refractivity contribution is 0.324. The molecule has 1 aromatic heterocycles. The van der Waals surface area contributed by atoms with Crippen LogP contribution in [0.5, 0.6) is 0 Å². The van der Waals surface area contributed by atoms with Gasteiger partial charge >= 0.3 is 0 Å². The molecule has 3 rings (SSSR count). The summed E-state index contributed by atoms with van der Waals surface area (Å²) >= 11 is 0. The lowest BCUT2D eigenvalue weighted by Gasteiger charge is -2.17. The second-order valence-corrected chi connectivity index (χ2v) is 4.91. The lowest BCUT2D eigenvalue weighted by Crippen LogP contribution is -2.26. The topological polar surface area (TPSA) is 33.1 Å². The van der Waals surface area contributed by atoms with Gasteiger partial charge in [-0.25, -0.2) is 0 Å². The zero-order valence-corrected chi connectivity index (χ0v) is 10.00. The van der Waals surface area contributed by atoms with Crippen molar-refractivity contribution in [3.05, 3.63) is 17.0 Å². The fourth-order valence-electron chi connectivity index (χ4n) is 2.88. The van der Waals surface area contributed by atoms with Crippen LogP contribution in [0.2, 0.25) is 0 Å². The van der Waals surface area contributed by atoms with Crippen molar-refractivity contribution in [2.45, 2.75) is 32.4 Å². The van der Waals surface area contributed by atoms with E-state index in [0.717, 1.165) is 26.1 Å². The maximum Gasteiger partial charge on any atom is 0.0812 e. The zero-order valence-electron chi connectivity index (χ0n) is 10.00. The van der Waals surface area contributed by atoms with Gasteiger partial charge in [0.15, 0.2) is 0 Å². The minimum atomic E-state index is 1.01. The van der Waals surface area contributed by atoms with Crippen LogP contribution < -0.4 is 5.32 Å². The highest BCUT2D eigenvalue weighted by Gasteiger charge is 2.21. The van der Waals surface area contributed by atoms with E-state index in [1.165, 1.54) is 42.9 Å². The van der Waals surface area contributed by atoms with E-state index in [-0.39, 0.29) is 0 Å². The first kappa shape index (κ1) is 10.3. The third-order valence-corrected chi connectivity index (χ3v) is 3.77. The Morgan fingerprint density at radius 2 is 2.12 bits per heavy atom. The minimum absolute atomic E-state index is 1.01. The van der Waals surface area contributed by atoms with Crippen molar-refractivity contribution >= 4 is 0 Å². The molecule has 2 aliphatic rings. The number of nitrogens with zero attached hydrogens (tertiary/aromatic N) is 3. The van der Waals surface area contributed by atoms with Crippen LogP contribution >= 0.6 is 0 Å². The van der Waals surface area contributed by atoms with Crippen molar-refractivity contribution in [1.82, 2.24) is 20.0 Å². The molecule has 4 heteroatoms. The summed E-state index contributed by atoms with van der Waals surface area (Å²) in [5.41, 5.74) is 4.19. The number of aryl methyl sites for hydroxylation is 1. The SMILES string of the molecule is Cn1nc(CN2CCCC2)c2c1CCNC2. The molecule has 0 unspecified atom stereocenters. The average molecular weight is 220 g/mol. The van der Waals surface area contributed by atoms with Crippen molar-refractivity contribution in [3.63, 3.8) is 0 Å². The van der Waals surface area contributed by atoms with Gasteiger partial charge in [0.05, 0.1) is 5.69 Å². The summed E-state index contributed by atoms with van der Waals surface area (Å²) in [4.78, 5) is 2.53. The van der Waals surface area contributed by atoms with Crippen molar-refractivity contribution in [3.8, 4) is 0 Å². The van der Waals surface area contributed by atoms with Gasteiger partial charge < -0.3 is 5.32 Å². The molecule has 0 bridgehead atoms. The second-order valence-electron chi connectivity index (χ2n) is 4.91. The van der Waals surface area contributed by atoms with Crippen molar-refractivity contribution in [1.29, 1.82) is 0 Å². The third kappa shape index (κ3) is 1.76. The number of nitrogens with one attached hydrogen (secondary N) is 1. The molecule has 16 heavy (non-hydrogen) atoms. The minimum Gasteiger partial charge on any atom is -0.312 e. The normalized spacial score (nSPS) is 21.3. The van der Waals surface area contributed by atoms with Gasteiger partial charge in [0.25, 0.3) is 0 Å². The number of rotatable bonds is 2. The first-order valence-electron chi connectivity index (χ1n) is 6.31. The second kappa shape index (κ2) is 4.18. The summed E-state index contributed by atoms with van der Waals surface area (Å²) < 4.78 is 2.08. The molecule has 0 atom stereocenters.